The maximum atomic E-state index is 5.03. The Hall–Kier alpha value is -6.59. The highest BCUT2D eigenvalue weighted by atomic mass is 15.0. The fourth-order valence-electron chi connectivity index (χ4n) is 6.75. The second kappa shape index (κ2) is 12.8. The van der Waals surface area contributed by atoms with Crippen LogP contribution in [0.2, 0.25) is 0 Å². The van der Waals surface area contributed by atoms with Gasteiger partial charge in [-0.3, -0.25) is 9.97 Å². The molecule has 0 unspecified atom stereocenters. The highest BCUT2D eigenvalue weighted by Crippen LogP contribution is 2.33. The highest BCUT2D eigenvalue weighted by molar-refractivity contribution is 5.93. The molecule has 0 saturated carbocycles. The minimum Gasteiger partial charge on any atom is -0.256 e. The molecule has 0 aliphatic heterocycles. The van der Waals surface area contributed by atoms with Crippen molar-refractivity contribution in [1.29, 1.82) is 0 Å². The smallest absolute Gasteiger partial charge is 0.164 e. The third-order valence-electron chi connectivity index (χ3n) is 9.34. The van der Waals surface area contributed by atoms with Crippen LogP contribution in [0.15, 0.2) is 164 Å². The summed E-state index contributed by atoms with van der Waals surface area (Å²) in [6, 6.07) is 50.3. The van der Waals surface area contributed by atoms with Crippen molar-refractivity contribution in [2.45, 2.75) is 12.8 Å². The molecule has 0 fully saturated rings. The highest BCUT2D eigenvalue weighted by Gasteiger charge is 2.17. The van der Waals surface area contributed by atoms with Gasteiger partial charge in [0.15, 0.2) is 17.5 Å². The van der Waals surface area contributed by atoms with Crippen LogP contribution in [0.3, 0.4) is 0 Å². The summed E-state index contributed by atoms with van der Waals surface area (Å²) >= 11 is 0. The van der Waals surface area contributed by atoms with Crippen molar-refractivity contribution >= 4 is 16.5 Å². The van der Waals surface area contributed by atoms with Crippen LogP contribution in [-0.4, -0.2) is 24.9 Å². The van der Waals surface area contributed by atoms with Crippen LogP contribution in [0.4, 0.5) is 0 Å². The van der Waals surface area contributed by atoms with E-state index in [1.54, 1.807) is 0 Å². The number of allylic oxidation sites excluding steroid dienone is 1. The van der Waals surface area contributed by atoms with E-state index in [4.69, 9.17) is 19.9 Å². The number of fused-ring (bicyclic) bond motifs is 2. The number of benzene rings is 5. The fraction of sp³-hybridized carbons (Fsp3) is 0.0444. The van der Waals surface area contributed by atoms with Crippen LogP contribution in [-0.2, 0) is 6.42 Å². The first-order chi connectivity index (χ1) is 24.8. The molecule has 5 heteroatoms. The van der Waals surface area contributed by atoms with E-state index in [1.807, 2.05) is 30.6 Å². The average molecular weight is 642 g/mol. The third-order valence-corrected chi connectivity index (χ3v) is 9.34. The molecule has 236 valence electrons. The first-order valence-corrected chi connectivity index (χ1v) is 16.9. The summed E-state index contributed by atoms with van der Waals surface area (Å²) in [5.41, 5.74) is 12.9. The number of pyridine rings is 2. The lowest BCUT2D eigenvalue weighted by atomic mass is 9.90. The van der Waals surface area contributed by atoms with Crippen LogP contribution in [0.25, 0.3) is 72.9 Å². The van der Waals surface area contributed by atoms with E-state index in [9.17, 15) is 0 Å². The lowest BCUT2D eigenvalue weighted by Gasteiger charge is -2.17. The largest absolute Gasteiger partial charge is 0.256 e. The number of aryl methyl sites for hydroxylation is 1. The molecule has 1 aliphatic rings. The predicted octanol–water partition coefficient (Wildman–Crippen LogP) is 10.5. The van der Waals surface area contributed by atoms with E-state index in [-0.39, 0.29) is 0 Å². The van der Waals surface area contributed by atoms with E-state index in [1.165, 1.54) is 16.7 Å². The molecular weight excluding hydrogens is 611 g/mol. The van der Waals surface area contributed by atoms with Crippen molar-refractivity contribution in [2.24, 2.45) is 0 Å². The van der Waals surface area contributed by atoms with Crippen LogP contribution in [0.5, 0.6) is 0 Å². The van der Waals surface area contributed by atoms with Gasteiger partial charge in [-0.15, -0.1) is 0 Å². The van der Waals surface area contributed by atoms with Gasteiger partial charge in [0.1, 0.15) is 0 Å². The number of para-hydroxylation sites is 1. The minimum absolute atomic E-state index is 0.622. The summed E-state index contributed by atoms with van der Waals surface area (Å²) in [4.78, 5) is 24.4. The average Bonchev–Trinajstić information content (AvgIpc) is 3.21. The van der Waals surface area contributed by atoms with Gasteiger partial charge in [-0.1, -0.05) is 140 Å². The summed E-state index contributed by atoms with van der Waals surface area (Å²) in [5, 5.41) is 1.12. The zero-order valence-corrected chi connectivity index (χ0v) is 27.2. The number of rotatable bonds is 6. The molecule has 5 nitrogen and oxygen atoms in total. The maximum Gasteiger partial charge on any atom is 0.164 e. The van der Waals surface area contributed by atoms with Crippen LogP contribution < -0.4 is 0 Å². The molecule has 8 aromatic rings. The van der Waals surface area contributed by atoms with Crippen LogP contribution in [0.1, 0.15) is 23.2 Å². The topological polar surface area (TPSA) is 64.5 Å². The summed E-state index contributed by atoms with van der Waals surface area (Å²) < 4.78 is 0. The van der Waals surface area contributed by atoms with Gasteiger partial charge in [0.25, 0.3) is 0 Å². The van der Waals surface area contributed by atoms with Crippen molar-refractivity contribution in [1.82, 2.24) is 24.9 Å². The summed E-state index contributed by atoms with van der Waals surface area (Å²) in [5.74, 6) is 1.88. The number of aromatic nitrogens is 5. The lowest BCUT2D eigenvalue weighted by Crippen LogP contribution is -2.03. The molecule has 0 atom stereocenters. The molecular formula is C45H31N5. The Balaban J connectivity index is 1.11. The third kappa shape index (κ3) is 5.65. The first-order valence-electron chi connectivity index (χ1n) is 16.9. The molecule has 0 bridgehead atoms. The zero-order chi connectivity index (χ0) is 33.3. The molecule has 0 N–H and O–H groups in total. The van der Waals surface area contributed by atoms with E-state index in [0.717, 1.165) is 68.4 Å². The van der Waals surface area contributed by atoms with Crippen molar-refractivity contribution in [2.75, 3.05) is 0 Å². The second-order valence-corrected chi connectivity index (χ2v) is 12.5. The Morgan fingerprint density at radius 3 is 1.62 bits per heavy atom. The monoisotopic (exact) mass is 641 g/mol. The summed E-state index contributed by atoms with van der Waals surface area (Å²) in [6.45, 7) is 0. The second-order valence-electron chi connectivity index (χ2n) is 12.5. The van der Waals surface area contributed by atoms with E-state index < -0.39 is 0 Å². The molecule has 9 rings (SSSR count). The van der Waals surface area contributed by atoms with Gasteiger partial charge >= 0.3 is 0 Å². The zero-order valence-electron chi connectivity index (χ0n) is 27.2. The minimum atomic E-state index is 0.622. The van der Waals surface area contributed by atoms with Crippen molar-refractivity contribution in [3.8, 4) is 56.4 Å². The standard InChI is InChI=1S/C45H31N5/c1-2-8-30(9-3-1)31-16-22-36(23-17-31)43-48-44(37-24-18-32(19-25-37)39-14-4-10-34-12-6-28-46-41(34)39)50-45(49-43)38-26-20-33(21-27-38)40-15-5-11-35-13-7-29-47-42(35)40/h1-4,6-10,12-29H,5,11H2. The van der Waals surface area contributed by atoms with Gasteiger partial charge in [-0.25, -0.2) is 15.0 Å². The van der Waals surface area contributed by atoms with Gasteiger partial charge in [0.05, 0.1) is 11.2 Å². The summed E-state index contributed by atoms with van der Waals surface area (Å²) in [7, 11) is 0. The number of nitrogens with zero attached hydrogens (tertiary/aromatic N) is 5. The molecule has 0 amide bonds. The number of hydrogen-bond acceptors (Lipinski definition) is 5. The lowest BCUT2D eigenvalue weighted by molar-refractivity contribution is 0.955. The predicted molar refractivity (Wildman–Crippen MR) is 202 cm³/mol. The Kier molecular flexibility index (Phi) is 7.56. The maximum absolute atomic E-state index is 5.03. The van der Waals surface area contributed by atoms with E-state index in [0.29, 0.717) is 17.5 Å². The molecule has 0 radical (unpaired) electrons. The van der Waals surface area contributed by atoms with E-state index >= 15 is 0 Å². The Morgan fingerprint density at radius 2 is 0.940 bits per heavy atom. The quantitative estimate of drug-likeness (QED) is 0.181. The van der Waals surface area contributed by atoms with Gasteiger partial charge in [0.2, 0.25) is 0 Å². The van der Waals surface area contributed by atoms with Crippen molar-refractivity contribution in [3.63, 3.8) is 0 Å². The Bertz CT molecular complexity index is 2500. The van der Waals surface area contributed by atoms with Crippen molar-refractivity contribution < 1.29 is 0 Å². The molecule has 3 aromatic heterocycles. The normalized spacial score (nSPS) is 12.4. The van der Waals surface area contributed by atoms with Gasteiger partial charge in [-0.05, 0) is 52.8 Å². The molecule has 5 aromatic carbocycles. The van der Waals surface area contributed by atoms with Crippen molar-refractivity contribution in [3.05, 3.63) is 181 Å². The van der Waals surface area contributed by atoms with Gasteiger partial charge < -0.3 is 0 Å². The van der Waals surface area contributed by atoms with Gasteiger partial charge in [-0.2, -0.15) is 0 Å². The molecule has 0 saturated heterocycles. The van der Waals surface area contributed by atoms with E-state index in [2.05, 4.69) is 138 Å². The summed E-state index contributed by atoms with van der Waals surface area (Å²) in [6.07, 6.45) is 8.04. The SMILES string of the molecule is C1=C(c2ccc(-c3nc(-c4ccc(-c5ccccc5)cc4)nc(-c4ccc(-c5cccc6cccnc56)cc4)n3)cc2)c2ncccc2CC1. The van der Waals surface area contributed by atoms with Crippen LogP contribution in [0, 0.1) is 0 Å². The van der Waals surface area contributed by atoms with Gasteiger partial charge in [0, 0.05) is 45.6 Å². The molecule has 3 heterocycles. The molecule has 50 heavy (non-hydrogen) atoms. The molecule has 1 aliphatic carbocycles. The first kappa shape index (κ1) is 29.5. The Morgan fingerprint density at radius 1 is 0.400 bits per heavy atom. The number of hydrogen-bond donors (Lipinski definition) is 0. The Labute approximate surface area is 290 Å². The van der Waals surface area contributed by atoms with Crippen LogP contribution >= 0.6 is 0 Å². The molecule has 0 spiro atoms. The fourth-order valence-corrected chi connectivity index (χ4v) is 6.75.